The van der Waals surface area contributed by atoms with Crippen molar-refractivity contribution in [1.82, 2.24) is 0 Å². The number of nitrogens with zero attached hydrogens (tertiary/aromatic N) is 2. The van der Waals surface area contributed by atoms with E-state index in [1.54, 1.807) is 24.3 Å². The zero-order valence-electron chi connectivity index (χ0n) is 9.56. The lowest BCUT2D eigenvalue weighted by Gasteiger charge is -2.04. The van der Waals surface area contributed by atoms with E-state index in [1.165, 1.54) is 6.07 Å². The van der Waals surface area contributed by atoms with Gasteiger partial charge in [0.15, 0.2) is 0 Å². The fraction of sp³-hybridized carbons (Fsp3) is 0. The van der Waals surface area contributed by atoms with E-state index in [9.17, 15) is 10.0 Å². The molecule has 0 aromatic heterocycles. The third kappa shape index (κ3) is 2.94. The topological polar surface area (TPSA) is 91.2 Å². The van der Waals surface area contributed by atoms with E-state index in [0.717, 1.165) is 0 Å². The van der Waals surface area contributed by atoms with E-state index < -0.39 is 7.12 Å². The summed E-state index contributed by atoms with van der Waals surface area (Å²) in [7, 11) is -1.63. The number of rotatable bonds is 3. The quantitative estimate of drug-likeness (QED) is 0.328. The first kappa shape index (κ1) is 12.3. The second-order valence-corrected chi connectivity index (χ2v) is 3.73. The lowest BCUT2D eigenvalue weighted by Crippen LogP contribution is -2.30. The predicted molar refractivity (Wildman–Crippen MR) is 71.3 cm³/mol. The molecule has 0 heterocycles. The SMILES string of the molecule is Nc1ccc(N=[15N]c2ccccc2)c(B(O)O)c1. The van der Waals surface area contributed by atoms with Crippen LogP contribution in [0.15, 0.2) is 58.8 Å². The minimum absolute atomic E-state index is 0.231. The Bertz CT molecular complexity index is 559. The fourth-order valence-corrected chi connectivity index (χ4v) is 1.48. The molecule has 0 amide bonds. The van der Waals surface area contributed by atoms with Gasteiger partial charge in [-0.3, -0.25) is 0 Å². The maximum Gasteiger partial charge on any atom is 0.490 e. The molecule has 0 aliphatic heterocycles. The third-order valence-corrected chi connectivity index (χ3v) is 2.36. The van der Waals surface area contributed by atoms with Crippen LogP contribution in [0.2, 0.25) is 0 Å². The van der Waals surface area contributed by atoms with Gasteiger partial charge in [-0.1, -0.05) is 18.2 Å². The highest BCUT2D eigenvalue weighted by Gasteiger charge is 2.16. The van der Waals surface area contributed by atoms with Gasteiger partial charge in [-0.05, 0) is 30.3 Å². The Morgan fingerprint density at radius 3 is 2.33 bits per heavy atom. The molecular formula is C12H12BN3O2. The summed E-state index contributed by atoms with van der Waals surface area (Å²) < 4.78 is 0. The lowest BCUT2D eigenvalue weighted by molar-refractivity contribution is 0.426. The fourth-order valence-electron chi connectivity index (χ4n) is 1.48. The molecule has 2 aromatic carbocycles. The van der Waals surface area contributed by atoms with Crippen LogP contribution >= 0.6 is 0 Å². The molecule has 2 rings (SSSR count). The van der Waals surface area contributed by atoms with Crippen LogP contribution in [0, 0.1) is 0 Å². The molecule has 6 heteroatoms. The van der Waals surface area contributed by atoms with Gasteiger partial charge in [0.05, 0.1) is 11.4 Å². The molecule has 0 aliphatic carbocycles. The molecule has 0 saturated heterocycles. The minimum atomic E-state index is -1.63. The molecule has 5 nitrogen and oxygen atoms in total. The van der Waals surface area contributed by atoms with Gasteiger partial charge in [0.2, 0.25) is 0 Å². The molecule has 90 valence electrons. The van der Waals surface area contributed by atoms with Gasteiger partial charge < -0.3 is 15.8 Å². The summed E-state index contributed by atoms with van der Waals surface area (Å²) in [6, 6.07) is 13.9. The van der Waals surface area contributed by atoms with Crippen molar-refractivity contribution in [2.45, 2.75) is 0 Å². The summed E-state index contributed by atoms with van der Waals surface area (Å²) in [5, 5.41) is 26.4. The molecule has 4 N–H and O–H groups in total. The number of nitrogens with two attached hydrogens (primary N) is 1. The molecule has 0 bridgehead atoms. The zero-order valence-corrected chi connectivity index (χ0v) is 9.56. The van der Waals surface area contributed by atoms with E-state index in [-0.39, 0.29) is 5.46 Å². The smallest absolute Gasteiger partial charge is 0.423 e. The largest absolute Gasteiger partial charge is 0.490 e. The van der Waals surface area contributed by atoms with Gasteiger partial charge in [0.25, 0.3) is 0 Å². The first-order chi connectivity index (χ1) is 8.66. The molecule has 0 unspecified atom stereocenters. The van der Waals surface area contributed by atoms with Gasteiger partial charge in [-0.25, -0.2) is 0 Å². The van der Waals surface area contributed by atoms with Crippen molar-refractivity contribution in [2.75, 3.05) is 5.73 Å². The predicted octanol–water partition coefficient (Wildman–Crippen LogP) is 1.36. The highest BCUT2D eigenvalue weighted by atomic mass is 16.4. The average molecular weight is 242 g/mol. The Balaban J connectivity index is 2.32. The maximum atomic E-state index is 9.22. The monoisotopic (exact) mass is 242 g/mol. The molecule has 2 aromatic rings. The van der Waals surface area contributed by atoms with Crippen LogP contribution in [0.25, 0.3) is 0 Å². The number of anilines is 1. The first-order valence-electron chi connectivity index (χ1n) is 5.39. The summed E-state index contributed by atoms with van der Waals surface area (Å²) in [6.45, 7) is 0. The standard InChI is InChI=1S/C12H12BN3O2/c14-9-6-7-12(11(8-9)13(17)18)16-15-10-4-2-1-3-5-10/h1-8,17-18H,14H2/i15+1. The number of benzene rings is 2. The van der Waals surface area contributed by atoms with E-state index in [2.05, 4.69) is 10.2 Å². The molecular weight excluding hydrogens is 230 g/mol. The summed E-state index contributed by atoms with van der Waals surface area (Å²) in [4.78, 5) is 0. The second kappa shape index (κ2) is 5.44. The molecule has 0 fully saturated rings. The highest BCUT2D eigenvalue weighted by molar-refractivity contribution is 6.60. The zero-order chi connectivity index (χ0) is 13.0. The average Bonchev–Trinajstić information content (AvgIpc) is 2.38. The Hall–Kier alpha value is -2.18. The minimum Gasteiger partial charge on any atom is -0.423 e. The van der Waals surface area contributed by atoms with Crippen molar-refractivity contribution in [1.29, 1.82) is 0 Å². The second-order valence-electron chi connectivity index (χ2n) is 3.73. The molecule has 0 spiro atoms. The van der Waals surface area contributed by atoms with Crippen molar-refractivity contribution in [3.63, 3.8) is 0 Å². The molecule has 0 aliphatic rings. The number of hydrogen-bond acceptors (Lipinski definition) is 5. The van der Waals surface area contributed by atoms with E-state index >= 15 is 0 Å². The summed E-state index contributed by atoms with van der Waals surface area (Å²) >= 11 is 0. The van der Waals surface area contributed by atoms with Gasteiger partial charge in [0, 0.05) is 11.2 Å². The van der Waals surface area contributed by atoms with Crippen molar-refractivity contribution < 1.29 is 10.0 Å². The van der Waals surface area contributed by atoms with Crippen LogP contribution in [-0.2, 0) is 0 Å². The van der Waals surface area contributed by atoms with E-state index in [4.69, 9.17) is 5.73 Å². The maximum absolute atomic E-state index is 9.22. The van der Waals surface area contributed by atoms with Crippen LogP contribution in [0.4, 0.5) is 17.1 Å². The van der Waals surface area contributed by atoms with Crippen molar-refractivity contribution >= 4 is 29.6 Å². The van der Waals surface area contributed by atoms with E-state index in [1.807, 2.05) is 18.2 Å². The van der Waals surface area contributed by atoms with Gasteiger partial charge in [0.1, 0.15) is 0 Å². The molecule has 0 saturated carbocycles. The van der Waals surface area contributed by atoms with Crippen molar-refractivity contribution in [3.8, 4) is 0 Å². The Labute approximate surface area is 105 Å². The van der Waals surface area contributed by atoms with Crippen LogP contribution in [0.5, 0.6) is 0 Å². The number of nitrogen functional groups attached to an aromatic ring is 1. The highest BCUT2D eigenvalue weighted by Crippen LogP contribution is 2.17. The van der Waals surface area contributed by atoms with Crippen molar-refractivity contribution in [3.05, 3.63) is 48.5 Å². The molecule has 0 radical (unpaired) electrons. The number of azo groups is 1. The van der Waals surface area contributed by atoms with Gasteiger partial charge in [-0.15, -0.1) is 0 Å². The van der Waals surface area contributed by atoms with Crippen LogP contribution < -0.4 is 11.2 Å². The Morgan fingerprint density at radius 2 is 1.67 bits per heavy atom. The Morgan fingerprint density at radius 1 is 0.944 bits per heavy atom. The summed E-state index contributed by atoms with van der Waals surface area (Å²) in [5.41, 5.74) is 7.32. The van der Waals surface area contributed by atoms with Crippen LogP contribution in [0.3, 0.4) is 0 Å². The lowest BCUT2D eigenvalue weighted by atomic mass is 9.79. The van der Waals surface area contributed by atoms with Gasteiger partial charge >= 0.3 is 7.12 Å². The van der Waals surface area contributed by atoms with Crippen molar-refractivity contribution in [2.24, 2.45) is 10.2 Å². The van der Waals surface area contributed by atoms with Crippen LogP contribution in [-0.4, -0.2) is 17.2 Å². The molecule has 0 atom stereocenters. The molecule has 18 heavy (non-hydrogen) atoms. The normalized spacial score (nSPS) is 10.8. The van der Waals surface area contributed by atoms with E-state index in [0.29, 0.717) is 17.1 Å². The third-order valence-electron chi connectivity index (χ3n) is 2.36. The summed E-state index contributed by atoms with van der Waals surface area (Å²) in [6.07, 6.45) is 0. The Kier molecular flexibility index (Phi) is 3.71. The van der Waals surface area contributed by atoms with Gasteiger partial charge in [-0.2, -0.15) is 10.2 Å². The summed E-state index contributed by atoms with van der Waals surface area (Å²) in [5.74, 6) is 0. The van der Waals surface area contributed by atoms with Crippen LogP contribution in [0.1, 0.15) is 0 Å². The number of hydrogen-bond donors (Lipinski definition) is 3. The first-order valence-corrected chi connectivity index (χ1v) is 5.39.